The Balaban J connectivity index is 2.00. The van der Waals surface area contributed by atoms with Gasteiger partial charge in [-0.3, -0.25) is 0 Å². The monoisotopic (exact) mass is 392 g/mol. The maximum Gasteiger partial charge on any atom is 0.355 e. The molecular weight excluding hydrogens is 368 g/mol. The average molecular weight is 392 g/mol. The summed E-state index contributed by atoms with van der Waals surface area (Å²) in [5.41, 5.74) is 1.78. The van der Waals surface area contributed by atoms with E-state index in [4.69, 9.17) is 23.7 Å². The van der Waals surface area contributed by atoms with E-state index in [0.717, 1.165) is 18.8 Å². The van der Waals surface area contributed by atoms with Crippen LogP contribution in [0.3, 0.4) is 0 Å². The first kappa shape index (κ1) is 20.0. The van der Waals surface area contributed by atoms with E-state index in [9.17, 15) is 9.59 Å². The number of esters is 2. The second-order valence-corrected chi connectivity index (χ2v) is 6.17. The van der Waals surface area contributed by atoms with E-state index in [1.54, 1.807) is 18.1 Å². The van der Waals surface area contributed by atoms with Gasteiger partial charge in [-0.15, -0.1) is 0 Å². The Bertz CT molecular complexity index is 772. The lowest BCUT2D eigenvalue weighted by Crippen LogP contribution is -2.39. The summed E-state index contributed by atoms with van der Waals surface area (Å²) in [5.74, 6) is -0.629. The molecule has 9 nitrogen and oxygen atoms in total. The van der Waals surface area contributed by atoms with Crippen LogP contribution in [0.25, 0.3) is 0 Å². The number of benzene rings is 1. The zero-order chi connectivity index (χ0) is 20.1. The Kier molecular flexibility index (Phi) is 6.37. The summed E-state index contributed by atoms with van der Waals surface area (Å²) in [6.45, 7) is 2.90. The minimum Gasteiger partial charge on any atom is -0.495 e. The summed E-state index contributed by atoms with van der Waals surface area (Å²) in [7, 11) is 4.11. The van der Waals surface area contributed by atoms with Crippen molar-refractivity contribution in [3.8, 4) is 5.75 Å². The third-order valence-corrected chi connectivity index (χ3v) is 4.66. The summed E-state index contributed by atoms with van der Waals surface area (Å²) in [6, 6.07) is 5.57. The smallest absolute Gasteiger partial charge is 0.355 e. The number of carbonyl (C=O) groups is 2. The molecule has 0 amide bonds. The van der Waals surface area contributed by atoms with Gasteiger partial charge in [0, 0.05) is 24.8 Å². The highest BCUT2D eigenvalue weighted by Gasteiger charge is 2.33. The molecule has 1 aromatic rings. The minimum atomic E-state index is -0.639. The van der Waals surface area contributed by atoms with Crippen molar-refractivity contribution in [3.63, 3.8) is 0 Å². The molecule has 0 aromatic heterocycles. The Morgan fingerprint density at radius 2 is 1.71 bits per heavy atom. The number of rotatable bonds is 5. The van der Waals surface area contributed by atoms with Gasteiger partial charge in [0.05, 0.1) is 52.4 Å². The van der Waals surface area contributed by atoms with Crippen molar-refractivity contribution in [2.45, 2.75) is 0 Å². The lowest BCUT2D eigenvalue weighted by atomic mass is 10.1. The van der Waals surface area contributed by atoms with E-state index in [0.29, 0.717) is 24.7 Å². The fourth-order valence-electron chi connectivity index (χ4n) is 3.25. The highest BCUT2D eigenvalue weighted by molar-refractivity contribution is 6.03. The van der Waals surface area contributed by atoms with Crippen molar-refractivity contribution in [2.75, 3.05) is 70.8 Å². The van der Waals surface area contributed by atoms with Crippen LogP contribution in [0.2, 0.25) is 0 Å². The zero-order valence-electron chi connectivity index (χ0n) is 16.2. The molecule has 0 saturated carbocycles. The predicted molar refractivity (Wildman–Crippen MR) is 100 cm³/mol. The van der Waals surface area contributed by atoms with E-state index in [2.05, 4.69) is 4.90 Å². The van der Waals surface area contributed by atoms with E-state index < -0.39 is 11.9 Å². The van der Waals surface area contributed by atoms with Gasteiger partial charge < -0.3 is 33.5 Å². The number of hydrogen-bond donors (Lipinski definition) is 0. The van der Waals surface area contributed by atoms with Gasteiger partial charge in [-0.25, -0.2) is 9.59 Å². The van der Waals surface area contributed by atoms with Crippen LogP contribution >= 0.6 is 0 Å². The van der Waals surface area contributed by atoms with Crippen LogP contribution in [0.4, 0.5) is 11.4 Å². The molecule has 0 N–H and O–H groups in total. The molecule has 0 bridgehead atoms. The van der Waals surface area contributed by atoms with Crippen molar-refractivity contribution in [2.24, 2.45) is 0 Å². The molecule has 9 heteroatoms. The fraction of sp³-hybridized carbons (Fsp3) is 0.474. The summed E-state index contributed by atoms with van der Waals surface area (Å²) in [6.07, 6.45) is 0. The minimum absolute atomic E-state index is 0.0311. The van der Waals surface area contributed by atoms with E-state index >= 15 is 0 Å². The van der Waals surface area contributed by atoms with Crippen molar-refractivity contribution in [1.29, 1.82) is 0 Å². The lowest BCUT2D eigenvalue weighted by Gasteiger charge is -2.33. The van der Waals surface area contributed by atoms with Crippen LogP contribution in [0.15, 0.2) is 29.5 Å². The molecule has 0 atom stereocenters. The second kappa shape index (κ2) is 8.94. The van der Waals surface area contributed by atoms with Crippen molar-refractivity contribution in [1.82, 2.24) is 0 Å². The molecule has 3 rings (SSSR count). The summed E-state index contributed by atoms with van der Waals surface area (Å²) < 4.78 is 26.2. The van der Waals surface area contributed by atoms with E-state index in [1.807, 2.05) is 12.1 Å². The zero-order valence-corrected chi connectivity index (χ0v) is 16.2. The maximum absolute atomic E-state index is 12.4. The fourth-order valence-corrected chi connectivity index (χ4v) is 3.25. The number of hydrogen-bond acceptors (Lipinski definition) is 9. The number of anilines is 2. The van der Waals surface area contributed by atoms with Crippen molar-refractivity contribution >= 4 is 23.3 Å². The molecule has 0 unspecified atom stereocenters. The van der Waals surface area contributed by atoms with Gasteiger partial charge in [0.1, 0.15) is 18.2 Å². The van der Waals surface area contributed by atoms with Crippen LogP contribution in [0, 0.1) is 0 Å². The van der Waals surface area contributed by atoms with Crippen LogP contribution in [-0.4, -0.2) is 72.9 Å². The van der Waals surface area contributed by atoms with Gasteiger partial charge in [-0.2, -0.15) is 0 Å². The number of methoxy groups -OCH3 is 3. The molecule has 1 fully saturated rings. The highest BCUT2D eigenvalue weighted by atomic mass is 16.5. The van der Waals surface area contributed by atoms with Crippen molar-refractivity contribution < 1.29 is 33.3 Å². The van der Waals surface area contributed by atoms with Gasteiger partial charge in [-0.05, 0) is 12.1 Å². The summed E-state index contributed by atoms with van der Waals surface area (Å²) >= 11 is 0. The summed E-state index contributed by atoms with van der Waals surface area (Å²) in [5, 5.41) is 0. The van der Waals surface area contributed by atoms with Gasteiger partial charge >= 0.3 is 11.9 Å². The van der Waals surface area contributed by atoms with Gasteiger partial charge in [-0.1, -0.05) is 0 Å². The molecule has 0 aliphatic carbocycles. The molecule has 2 heterocycles. The van der Waals surface area contributed by atoms with Crippen LogP contribution in [0.5, 0.6) is 5.75 Å². The Morgan fingerprint density at radius 3 is 2.36 bits per heavy atom. The molecule has 0 radical (unpaired) electrons. The third-order valence-electron chi connectivity index (χ3n) is 4.66. The normalized spacial score (nSPS) is 17.4. The topological polar surface area (TPSA) is 86.8 Å². The number of morpholine rings is 1. The SMILES string of the molecule is COC(=O)C1=C(C(=O)OC)N(c2ccc(N3CCOCC3)c(OC)c2)COC1. The van der Waals surface area contributed by atoms with Crippen molar-refractivity contribution in [3.05, 3.63) is 29.5 Å². The molecule has 152 valence electrons. The quantitative estimate of drug-likeness (QED) is 0.679. The maximum atomic E-state index is 12.4. The molecule has 0 spiro atoms. The predicted octanol–water partition coefficient (Wildman–Crippen LogP) is 0.926. The third kappa shape index (κ3) is 3.90. The van der Waals surface area contributed by atoms with Crippen LogP contribution < -0.4 is 14.5 Å². The first-order valence-electron chi connectivity index (χ1n) is 8.86. The number of nitrogens with zero attached hydrogens (tertiary/aromatic N) is 2. The second-order valence-electron chi connectivity index (χ2n) is 6.17. The standard InChI is InChI=1S/C19H24N2O7/c1-24-16-10-13(4-5-15(16)20-6-8-27-9-7-20)21-12-28-11-14(18(22)25-2)17(21)19(23)26-3/h4-5,10H,6-9,11-12H2,1-3H3. The molecular formula is C19H24N2O7. The molecule has 28 heavy (non-hydrogen) atoms. The Morgan fingerprint density at radius 1 is 1.00 bits per heavy atom. The van der Waals surface area contributed by atoms with E-state index in [-0.39, 0.29) is 24.6 Å². The number of carbonyl (C=O) groups excluding carboxylic acids is 2. The van der Waals surface area contributed by atoms with Gasteiger partial charge in [0.15, 0.2) is 0 Å². The molecule has 2 aliphatic rings. The number of ether oxygens (including phenoxy) is 5. The van der Waals surface area contributed by atoms with Crippen LogP contribution in [0.1, 0.15) is 0 Å². The Labute approximate surface area is 163 Å². The first-order chi connectivity index (χ1) is 13.6. The van der Waals surface area contributed by atoms with E-state index in [1.165, 1.54) is 14.2 Å². The largest absolute Gasteiger partial charge is 0.495 e. The lowest BCUT2D eigenvalue weighted by molar-refractivity contribution is -0.140. The molecule has 1 aromatic carbocycles. The first-order valence-corrected chi connectivity index (χ1v) is 8.86. The van der Waals surface area contributed by atoms with Crippen LogP contribution in [-0.2, 0) is 28.5 Å². The van der Waals surface area contributed by atoms with Gasteiger partial charge in [0.25, 0.3) is 0 Å². The highest BCUT2D eigenvalue weighted by Crippen LogP contribution is 2.35. The molecule has 2 aliphatic heterocycles. The van der Waals surface area contributed by atoms with Gasteiger partial charge in [0.2, 0.25) is 0 Å². The summed E-state index contributed by atoms with van der Waals surface area (Å²) in [4.78, 5) is 28.3. The average Bonchev–Trinajstić information content (AvgIpc) is 2.77. The molecule has 1 saturated heterocycles. The Hall–Kier alpha value is -2.78.